The number of hydrogen-bond donors (Lipinski definition) is 0. The molecule has 3 aliphatic rings. The van der Waals surface area contributed by atoms with Crippen LogP contribution in [-0.4, -0.2) is 54.1 Å². The quantitative estimate of drug-likeness (QED) is 0.185. The average Bonchev–Trinajstić information content (AvgIpc) is 3.27. The minimum Gasteiger partial charge on any atom is -0.292 e. The van der Waals surface area contributed by atoms with Crippen molar-refractivity contribution in [2.75, 3.05) is 6.54 Å². The van der Waals surface area contributed by atoms with Crippen LogP contribution < -0.4 is 0 Å². The Hall–Kier alpha value is -0.930. The van der Waals surface area contributed by atoms with Gasteiger partial charge in [-0.05, 0) is 42.5 Å². The van der Waals surface area contributed by atoms with Crippen molar-refractivity contribution in [3.63, 3.8) is 0 Å². The Bertz CT molecular complexity index is 1470. The van der Waals surface area contributed by atoms with Crippen LogP contribution in [0.15, 0.2) is 52.5 Å². The molecule has 1 heterocycles. The second-order valence-electron chi connectivity index (χ2n) is 8.99. The summed E-state index contributed by atoms with van der Waals surface area (Å²) in [6, 6.07) is 9.68. The molecule has 0 spiro atoms. The third kappa shape index (κ3) is 3.90. The molecule has 2 bridgehead atoms. The molecule has 2 aromatic rings. The molecule has 2 aliphatic carbocycles. The molecular formula is C24H11Cl9N2O4. The fourth-order valence-electron chi connectivity index (χ4n) is 5.09. The maximum atomic E-state index is 13.9. The Morgan fingerprint density at radius 2 is 1.23 bits per heavy atom. The van der Waals surface area contributed by atoms with Crippen LogP contribution in [0.5, 0.6) is 0 Å². The van der Waals surface area contributed by atoms with Crippen molar-refractivity contribution in [2.45, 2.75) is 14.1 Å². The normalized spacial score (nSPS) is 28.8. The highest BCUT2D eigenvalue weighted by atomic mass is 35.5. The molecule has 6 nitrogen and oxygen atoms in total. The summed E-state index contributed by atoms with van der Waals surface area (Å²) in [5, 5.41) is 1.13. The van der Waals surface area contributed by atoms with Crippen molar-refractivity contribution in [3.8, 4) is 0 Å². The lowest BCUT2D eigenvalue weighted by molar-refractivity contribution is -0.154. The number of imide groups is 1. The van der Waals surface area contributed by atoms with E-state index in [9.17, 15) is 19.2 Å². The van der Waals surface area contributed by atoms with Gasteiger partial charge in [-0.3, -0.25) is 19.2 Å². The first-order valence-electron chi connectivity index (χ1n) is 10.9. The van der Waals surface area contributed by atoms with Gasteiger partial charge in [0.05, 0.1) is 31.9 Å². The SMILES string of the molecule is O=C(CN(C(=O)c1ccc(Cl)c(Cl)c1)N1C(=O)[C@H]2[C@H](C1=O)[C@@]1(Cl)C(Cl)=C(Cl)[C@@]2(Cl)C1(Cl)Cl)c1ccc(Cl)cc1. The highest BCUT2D eigenvalue weighted by Gasteiger charge is 2.88. The van der Waals surface area contributed by atoms with Crippen molar-refractivity contribution < 1.29 is 19.2 Å². The van der Waals surface area contributed by atoms with Gasteiger partial charge in [0.2, 0.25) is 0 Å². The predicted molar refractivity (Wildman–Crippen MR) is 152 cm³/mol. The summed E-state index contributed by atoms with van der Waals surface area (Å²) in [6.07, 6.45) is 0. The van der Waals surface area contributed by atoms with Crippen LogP contribution >= 0.6 is 104 Å². The molecule has 0 unspecified atom stereocenters. The number of carbonyl (C=O) groups excluding carboxylic acids is 4. The fourth-order valence-corrected chi connectivity index (χ4v) is 8.45. The van der Waals surface area contributed by atoms with E-state index in [0.717, 1.165) is 0 Å². The van der Waals surface area contributed by atoms with Gasteiger partial charge >= 0.3 is 0 Å². The highest BCUT2D eigenvalue weighted by molar-refractivity contribution is 6.66. The highest BCUT2D eigenvalue weighted by Crippen LogP contribution is 2.77. The Balaban J connectivity index is 1.60. The summed E-state index contributed by atoms with van der Waals surface area (Å²) >= 11 is 57.3. The molecule has 15 heteroatoms. The first-order chi connectivity index (χ1) is 18.1. The van der Waals surface area contributed by atoms with E-state index in [1.807, 2.05) is 0 Å². The number of hydrogen-bond acceptors (Lipinski definition) is 4. The number of rotatable bonds is 5. The van der Waals surface area contributed by atoms with Gasteiger partial charge in [0.25, 0.3) is 17.7 Å². The number of halogens is 9. The summed E-state index contributed by atoms with van der Waals surface area (Å²) in [5.41, 5.74) is 0.0787. The molecule has 0 N–H and O–H groups in total. The standard InChI is InChI=1S/C24H11Cl9N2O4/c25-11-4-1-9(2-5-11)14(36)8-34(19(37)10-3-6-12(26)13(27)7-10)35-20(38)15-16(21(35)39)23(31)18(29)17(28)22(15,30)24(23,32)33/h1-7,15-16H,8H2/t15-,16-,22-,23-/m1/s1. The first kappa shape index (κ1) is 29.6. The summed E-state index contributed by atoms with van der Waals surface area (Å²) in [7, 11) is 0. The van der Waals surface area contributed by atoms with E-state index in [4.69, 9.17) is 104 Å². The van der Waals surface area contributed by atoms with E-state index in [1.54, 1.807) is 0 Å². The number of allylic oxidation sites excluding steroid dienone is 2. The summed E-state index contributed by atoms with van der Waals surface area (Å²) in [5.74, 6) is -6.58. The lowest BCUT2D eigenvalue weighted by Gasteiger charge is -2.36. The van der Waals surface area contributed by atoms with E-state index in [1.165, 1.54) is 42.5 Å². The maximum absolute atomic E-state index is 13.9. The van der Waals surface area contributed by atoms with Gasteiger partial charge in [0.1, 0.15) is 16.3 Å². The van der Waals surface area contributed by atoms with Gasteiger partial charge in [-0.2, -0.15) is 5.01 Å². The van der Waals surface area contributed by atoms with E-state index in [0.29, 0.717) is 15.0 Å². The zero-order valence-electron chi connectivity index (χ0n) is 18.8. The zero-order chi connectivity index (χ0) is 28.8. The fraction of sp³-hybridized carbons (Fsp3) is 0.250. The molecule has 1 aliphatic heterocycles. The topological polar surface area (TPSA) is 74.8 Å². The van der Waals surface area contributed by atoms with Gasteiger partial charge < -0.3 is 0 Å². The number of amides is 3. The second-order valence-corrected chi connectivity index (χ2v) is 13.5. The zero-order valence-corrected chi connectivity index (χ0v) is 25.6. The molecule has 0 aromatic heterocycles. The van der Waals surface area contributed by atoms with Crippen LogP contribution in [0, 0.1) is 11.8 Å². The van der Waals surface area contributed by atoms with Gasteiger partial charge in [0.15, 0.2) is 10.1 Å². The monoisotopic (exact) mass is 706 g/mol. The molecule has 2 fully saturated rings. The third-order valence-corrected chi connectivity index (χ3v) is 12.2. The number of carbonyl (C=O) groups is 4. The lowest BCUT2D eigenvalue weighted by Crippen LogP contribution is -2.56. The van der Waals surface area contributed by atoms with Crippen LogP contribution in [0.25, 0.3) is 0 Å². The minimum atomic E-state index is -2.16. The molecule has 204 valence electrons. The van der Waals surface area contributed by atoms with Crippen molar-refractivity contribution in [2.24, 2.45) is 11.8 Å². The number of fused-ring (bicyclic) bond motifs is 5. The first-order valence-corrected chi connectivity index (χ1v) is 14.3. The Morgan fingerprint density at radius 3 is 1.72 bits per heavy atom. The molecule has 4 atom stereocenters. The van der Waals surface area contributed by atoms with Crippen molar-refractivity contribution >= 4 is 128 Å². The van der Waals surface area contributed by atoms with Gasteiger partial charge in [-0.15, -0.1) is 23.2 Å². The molecule has 0 radical (unpaired) electrons. The molecule has 1 saturated heterocycles. The maximum Gasteiger partial charge on any atom is 0.273 e. The Morgan fingerprint density at radius 1 is 0.744 bits per heavy atom. The Kier molecular flexibility index (Phi) is 7.45. The van der Waals surface area contributed by atoms with Crippen LogP contribution in [0.4, 0.5) is 0 Å². The number of alkyl halides is 4. The summed E-state index contributed by atoms with van der Waals surface area (Å²) in [4.78, 5) is 50.6. The van der Waals surface area contributed by atoms with Crippen LogP contribution in [0.3, 0.4) is 0 Å². The largest absolute Gasteiger partial charge is 0.292 e. The smallest absolute Gasteiger partial charge is 0.273 e. The van der Waals surface area contributed by atoms with Gasteiger partial charge in [0, 0.05) is 16.1 Å². The van der Waals surface area contributed by atoms with E-state index in [2.05, 4.69) is 0 Å². The van der Waals surface area contributed by atoms with Crippen LogP contribution in [-0.2, 0) is 9.59 Å². The number of benzene rings is 2. The van der Waals surface area contributed by atoms with Crippen LogP contribution in [0.1, 0.15) is 20.7 Å². The van der Waals surface area contributed by atoms with Crippen molar-refractivity contribution in [1.29, 1.82) is 0 Å². The van der Waals surface area contributed by atoms with E-state index < -0.39 is 56.0 Å². The number of nitrogens with zero attached hydrogens (tertiary/aromatic N) is 2. The molecule has 5 rings (SSSR count). The molecule has 1 saturated carbocycles. The minimum absolute atomic E-state index is 0.0248. The molecule has 2 aromatic carbocycles. The van der Waals surface area contributed by atoms with Crippen molar-refractivity contribution in [1.82, 2.24) is 10.0 Å². The van der Waals surface area contributed by atoms with Crippen molar-refractivity contribution in [3.05, 3.63) is 78.7 Å². The second kappa shape index (κ2) is 9.82. The third-order valence-electron chi connectivity index (χ3n) is 6.99. The lowest BCUT2D eigenvalue weighted by atomic mass is 9.84. The molecule has 3 amide bonds. The number of hydrazine groups is 1. The van der Waals surface area contributed by atoms with Crippen LogP contribution in [0.2, 0.25) is 15.1 Å². The Labute approximate surface area is 266 Å². The predicted octanol–water partition coefficient (Wildman–Crippen LogP) is 7.33. The van der Waals surface area contributed by atoms with E-state index in [-0.39, 0.29) is 31.2 Å². The molecule has 39 heavy (non-hydrogen) atoms. The summed E-state index contributed by atoms with van der Waals surface area (Å²) < 4.78 is -2.16. The van der Waals surface area contributed by atoms with Gasteiger partial charge in [-0.1, -0.05) is 81.2 Å². The van der Waals surface area contributed by atoms with Gasteiger partial charge in [-0.25, -0.2) is 5.01 Å². The number of ketones is 1. The average molecular weight is 710 g/mol. The van der Waals surface area contributed by atoms with E-state index >= 15 is 0 Å². The summed E-state index contributed by atoms with van der Waals surface area (Å²) in [6.45, 7) is -0.746. The number of Topliss-reactive ketones (excluding diaryl/α,β-unsaturated/α-hetero) is 1. The molecular weight excluding hydrogens is 699 g/mol.